The van der Waals surface area contributed by atoms with Gasteiger partial charge in [0.15, 0.2) is 0 Å². The molecular weight excluding hydrogens is 348 g/mol. The maximum absolute atomic E-state index is 12.4. The van der Waals surface area contributed by atoms with Crippen LogP contribution in [0, 0.1) is 20.8 Å². The largest absolute Gasteiger partial charge is 0.339 e. The molecule has 0 aliphatic heterocycles. The summed E-state index contributed by atoms with van der Waals surface area (Å²) in [6.45, 7) is 5.99. The highest BCUT2D eigenvalue weighted by molar-refractivity contribution is 6.31. The number of carbonyl (C=O) groups is 1. The minimum absolute atomic E-state index is 0.232. The summed E-state index contributed by atoms with van der Waals surface area (Å²) in [6, 6.07) is 11.3. The van der Waals surface area contributed by atoms with E-state index in [1.54, 1.807) is 18.3 Å². The number of nitrogens with zero attached hydrogens (tertiary/aromatic N) is 2. The van der Waals surface area contributed by atoms with Gasteiger partial charge in [-0.15, -0.1) is 0 Å². The van der Waals surface area contributed by atoms with Crippen LogP contribution in [0.25, 0.3) is 0 Å². The molecule has 1 amide bonds. The van der Waals surface area contributed by atoms with Crippen LogP contribution in [-0.2, 0) is 0 Å². The Hall–Kier alpha value is -2.92. The van der Waals surface area contributed by atoms with E-state index in [1.807, 2.05) is 32.0 Å². The van der Waals surface area contributed by atoms with E-state index >= 15 is 0 Å². The van der Waals surface area contributed by atoms with Gasteiger partial charge in [0.1, 0.15) is 11.5 Å². The molecule has 132 valence electrons. The first-order valence-corrected chi connectivity index (χ1v) is 8.54. The standard InChI is InChI=1S/C20H19ClN4O/c1-12-5-4-6-16(14(12)3)24-19-11-22-18(10-23-19)20(26)25-17-9-15(21)8-7-13(17)2/h4-11H,1-3H3,(H,23,24)(H,25,26). The van der Waals surface area contributed by atoms with Crippen molar-refractivity contribution in [2.75, 3.05) is 10.6 Å². The Labute approximate surface area is 157 Å². The molecule has 0 saturated carbocycles. The SMILES string of the molecule is Cc1ccc(Cl)cc1NC(=O)c1cnc(Nc2cccc(C)c2C)cn1. The Morgan fingerprint density at radius 2 is 1.77 bits per heavy atom. The van der Waals surface area contributed by atoms with E-state index in [1.165, 1.54) is 11.8 Å². The van der Waals surface area contributed by atoms with Crippen molar-refractivity contribution in [2.45, 2.75) is 20.8 Å². The number of amides is 1. The van der Waals surface area contributed by atoms with E-state index in [4.69, 9.17) is 11.6 Å². The first kappa shape index (κ1) is 17.9. The van der Waals surface area contributed by atoms with Crippen molar-refractivity contribution < 1.29 is 4.79 Å². The van der Waals surface area contributed by atoms with Crippen LogP contribution in [0.5, 0.6) is 0 Å². The van der Waals surface area contributed by atoms with E-state index in [0.29, 0.717) is 16.5 Å². The number of hydrogen-bond acceptors (Lipinski definition) is 4. The Kier molecular flexibility index (Phi) is 5.19. The monoisotopic (exact) mass is 366 g/mol. The molecule has 0 aliphatic carbocycles. The van der Waals surface area contributed by atoms with Crippen LogP contribution < -0.4 is 10.6 Å². The molecular formula is C20H19ClN4O. The van der Waals surface area contributed by atoms with Gasteiger partial charge in [-0.1, -0.05) is 29.8 Å². The van der Waals surface area contributed by atoms with Gasteiger partial charge in [0.2, 0.25) is 0 Å². The second-order valence-corrected chi connectivity index (χ2v) is 6.51. The van der Waals surface area contributed by atoms with Crippen LogP contribution >= 0.6 is 11.6 Å². The number of anilines is 3. The zero-order valence-electron chi connectivity index (χ0n) is 14.8. The number of rotatable bonds is 4. The molecule has 3 rings (SSSR count). The van der Waals surface area contributed by atoms with E-state index in [9.17, 15) is 4.79 Å². The number of aryl methyl sites for hydroxylation is 2. The second-order valence-electron chi connectivity index (χ2n) is 6.07. The van der Waals surface area contributed by atoms with Gasteiger partial charge >= 0.3 is 0 Å². The lowest BCUT2D eigenvalue weighted by atomic mass is 10.1. The molecule has 5 nitrogen and oxygen atoms in total. The zero-order valence-corrected chi connectivity index (χ0v) is 15.6. The van der Waals surface area contributed by atoms with Gasteiger partial charge in [-0.2, -0.15) is 0 Å². The fraction of sp³-hybridized carbons (Fsp3) is 0.150. The lowest BCUT2D eigenvalue weighted by Gasteiger charge is -2.11. The van der Waals surface area contributed by atoms with Gasteiger partial charge in [0.25, 0.3) is 5.91 Å². The smallest absolute Gasteiger partial charge is 0.275 e. The van der Waals surface area contributed by atoms with E-state index < -0.39 is 0 Å². The number of aromatic nitrogens is 2. The summed E-state index contributed by atoms with van der Waals surface area (Å²) < 4.78 is 0. The Balaban J connectivity index is 1.73. The first-order valence-electron chi connectivity index (χ1n) is 8.17. The highest BCUT2D eigenvalue weighted by Crippen LogP contribution is 2.22. The van der Waals surface area contributed by atoms with Crippen LogP contribution in [0.4, 0.5) is 17.2 Å². The topological polar surface area (TPSA) is 66.9 Å². The first-order chi connectivity index (χ1) is 12.4. The Morgan fingerprint density at radius 1 is 0.962 bits per heavy atom. The van der Waals surface area contributed by atoms with Crippen LogP contribution in [-0.4, -0.2) is 15.9 Å². The molecule has 1 heterocycles. The molecule has 6 heteroatoms. The third-order valence-corrected chi connectivity index (χ3v) is 4.43. The molecule has 0 fully saturated rings. The lowest BCUT2D eigenvalue weighted by molar-refractivity contribution is 0.102. The number of nitrogens with one attached hydrogen (secondary N) is 2. The lowest BCUT2D eigenvalue weighted by Crippen LogP contribution is -2.15. The van der Waals surface area contributed by atoms with Gasteiger partial charge < -0.3 is 10.6 Å². The van der Waals surface area contributed by atoms with Crippen molar-refractivity contribution in [3.63, 3.8) is 0 Å². The Bertz CT molecular complexity index is 955. The van der Waals surface area contributed by atoms with Gasteiger partial charge in [-0.25, -0.2) is 9.97 Å². The van der Waals surface area contributed by atoms with Crippen molar-refractivity contribution in [1.29, 1.82) is 0 Å². The van der Waals surface area contributed by atoms with Crippen LogP contribution in [0.1, 0.15) is 27.2 Å². The Morgan fingerprint density at radius 3 is 2.50 bits per heavy atom. The fourth-order valence-electron chi connectivity index (χ4n) is 2.45. The van der Waals surface area contributed by atoms with Crippen molar-refractivity contribution in [1.82, 2.24) is 9.97 Å². The highest BCUT2D eigenvalue weighted by Gasteiger charge is 2.11. The molecule has 0 aliphatic rings. The number of hydrogen-bond donors (Lipinski definition) is 2. The van der Waals surface area contributed by atoms with Gasteiger partial charge in [0, 0.05) is 16.4 Å². The zero-order chi connectivity index (χ0) is 18.7. The second kappa shape index (κ2) is 7.54. The number of halogens is 1. The predicted octanol–water partition coefficient (Wildman–Crippen LogP) is 5.05. The van der Waals surface area contributed by atoms with Crippen LogP contribution in [0.2, 0.25) is 5.02 Å². The summed E-state index contributed by atoms with van der Waals surface area (Å²) in [5, 5.41) is 6.59. The van der Waals surface area contributed by atoms with Gasteiger partial charge in [0.05, 0.1) is 12.4 Å². The molecule has 0 bridgehead atoms. The van der Waals surface area contributed by atoms with Crippen LogP contribution in [0.15, 0.2) is 48.8 Å². The molecule has 1 aromatic heterocycles. The molecule has 3 aromatic rings. The molecule has 2 N–H and O–H groups in total. The van der Waals surface area contributed by atoms with E-state index in [2.05, 4.69) is 33.6 Å². The van der Waals surface area contributed by atoms with Crippen molar-refractivity contribution in [2.24, 2.45) is 0 Å². The molecule has 0 atom stereocenters. The van der Waals surface area contributed by atoms with Crippen molar-refractivity contribution in [3.8, 4) is 0 Å². The maximum atomic E-state index is 12.4. The summed E-state index contributed by atoms with van der Waals surface area (Å²) in [7, 11) is 0. The molecule has 0 spiro atoms. The minimum Gasteiger partial charge on any atom is -0.339 e. The summed E-state index contributed by atoms with van der Waals surface area (Å²) in [5.41, 5.74) is 5.11. The summed E-state index contributed by atoms with van der Waals surface area (Å²) in [4.78, 5) is 20.9. The summed E-state index contributed by atoms with van der Waals surface area (Å²) in [5.74, 6) is 0.246. The summed E-state index contributed by atoms with van der Waals surface area (Å²) >= 11 is 5.98. The minimum atomic E-state index is -0.332. The normalized spacial score (nSPS) is 10.5. The number of carbonyl (C=O) groups excluding carboxylic acids is 1. The molecule has 2 aromatic carbocycles. The average molecular weight is 367 g/mol. The van der Waals surface area contributed by atoms with Crippen LogP contribution in [0.3, 0.4) is 0 Å². The highest BCUT2D eigenvalue weighted by atomic mass is 35.5. The molecule has 0 radical (unpaired) electrons. The van der Waals surface area contributed by atoms with E-state index in [0.717, 1.165) is 16.8 Å². The van der Waals surface area contributed by atoms with Gasteiger partial charge in [-0.3, -0.25) is 4.79 Å². The fourth-order valence-corrected chi connectivity index (χ4v) is 2.62. The maximum Gasteiger partial charge on any atom is 0.275 e. The van der Waals surface area contributed by atoms with Crippen molar-refractivity contribution in [3.05, 3.63) is 76.2 Å². The third kappa shape index (κ3) is 4.00. The third-order valence-electron chi connectivity index (χ3n) is 4.20. The molecule has 0 unspecified atom stereocenters. The van der Waals surface area contributed by atoms with E-state index in [-0.39, 0.29) is 11.6 Å². The summed E-state index contributed by atoms with van der Waals surface area (Å²) in [6.07, 6.45) is 2.99. The van der Waals surface area contributed by atoms with Crippen molar-refractivity contribution >= 4 is 34.7 Å². The predicted molar refractivity (Wildman–Crippen MR) is 105 cm³/mol. The molecule has 26 heavy (non-hydrogen) atoms. The van der Waals surface area contributed by atoms with Gasteiger partial charge in [-0.05, 0) is 55.7 Å². The quantitative estimate of drug-likeness (QED) is 0.678. The number of benzene rings is 2. The average Bonchev–Trinajstić information content (AvgIpc) is 2.62. The molecule has 0 saturated heterocycles.